The first-order valence-corrected chi connectivity index (χ1v) is 4.12. The molecule has 0 N–H and O–H groups in total. The predicted molar refractivity (Wildman–Crippen MR) is 47.0 cm³/mol. The van der Waals surface area contributed by atoms with Crippen LogP contribution in [0, 0.1) is 0 Å². The molecule has 1 aromatic carbocycles. The summed E-state index contributed by atoms with van der Waals surface area (Å²) in [5.74, 6) is -2.57. The molecule has 0 heterocycles. The van der Waals surface area contributed by atoms with Crippen molar-refractivity contribution in [2.24, 2.45) is 0 Å². The van der Waals surface area contributed by atoms with Crippen LogP contribution in [0.15, 0.2) is 30.3 Å². The Hall–Kier alpha value is -0.670. The van der Waals surface area contributed by atoms with Gasteiger partial charge in [0.15, 0.2) is 0 Å². The summed E-state index contributed by atoms with van der Waals surface area (Å²) in [5.41, 5.74) is -2.15. The largest absolute Gasteiger partial charge is 0.342 e. The SMILES string of the molecule is COC(F)(c1ccccc1)C(F)Cl. The molecule has 0 saturated carbocycles. The van der Waals surface area contributed by atoms with Crippen LogP contribution in [0.2, 0.25) is 0 Å². The topological polar surface area (TPSA) is 9.23 Å². The van der Waals surface area contributed by atoms with E-state index in [9.17, 15) is 8.78 Å². The van der Waals surface area contributed by atoms with E-state index in [1.807, 2.05) is 0 Å². The zero-order valence-corrected chi connectivity index (χ0v) is 7.76. The number of alkyl halides is 3. The third kappa shape index (κ3) is 1.98. The zero-order valence-electron chi connectivity index (χ0n) is 7.01. The van der Waals surface area contributed by atoms with Crippen LogP contribution in [-0.4, -0.2) is 12.7 Å². The van der Waals surface area contributed by atoms with E-state index in [0.29, 0.717) is 0 Å². The molecule has 0 saturated heterocycles. The molecule has 1 aromatic rings. The van der Waals surface area contributed by atoms with Gasteiger partial charge in [-0.1, -0.05) is 41.9 Å². The average molecular weight is 207 g/mol. The highest BCUT2D eigenvalue weighted by molar-refractivity contribution is 6.20. The van der Waals surface area contributed by atoms with Crippen molar-refractivity contribution in [2.45, 2.75) is 11.5 Å². The van der Waals surface area contributed by atoms with Gasteiger partial charge in [-0.25, -0.2) is 8.78 Å². The number of hydrogen-bond acceptors (Lipinski definition) is 1. The Morgan fingerprint density at radius 2 is 1.92 bits per heavy atom. The third-order valence-electron chi connectivity index (χ3n) is 1.75. The molecule has 0 aromatic heterocycles. The maximum atomic E-state index is 13.6. The second-order valence-electron chi connectivity index (χ2n) is 2.52. The fraction of sp³-hybridized carbons (Fsp3) is 0.333. The minimum Gasteiger partial charge on any atom is -0.342 e. The highest BCUT2D eigenvalue weighted by Gasteiger charge is 2.40. The van der Waals surface area contributed by atoms with Gasteiger partial charge in [0.1, 0.15) is 0 Å². The lowest BCUT2D eigenvalue weighted by Crippen LogP contribution is -2.30. The lowest BCUT2D eigenvalue weighted by Gasteiger charge is -2.23. The number of methoxy groups -OCH3 is 1. The van der Waals surface area contributed by atoms with E-state index in [2.05, 4.69) is 4.74 Å². The second-order valence-corrected chi connectivity index (χ2v) is 2.90. The molecule has 0 fully saturated rings. The van der Waals surface area contributed by atoms with Crippen LogP contribution in [0.4, 0.5) is 8.78 Å². The molecule has 0 radical (unpaired) electrons. The first-order valence-electron chi connectivity index (χ1n) is 3.69. The Morgan fingerprint density at radius 3 is 2.31 bits per heavy atom. The Bertz CT molecular complexity index is 266. The van der Waals surface area contributed by atoms with Gasteiger partial charge in [-0.3, -0.25) is 0 Å². The summed E-state index contributed by atoms with van der Waals surface area (Å²) < 4.78 is 30.8. The minimum atomic E-state index is -2.57. The molecule has 1 rings (SSSR count). The molecular formula is C9H9ClF2O. The molecule has 13 heavy (non-hydrogen) atoms. The van der Waals surface area contributed by atoms with Crippen molar-refractivity contribution in [3.8, 4) is 0 Å². The fourth-order valence-electron chi connectivity index (χ4n) is 0.998. The molecule has 0 spiro atoms. The van der Waals surface area contributed by atoms with Crippen molar-refractivity contribution in [1.82, 2.24) is 0 Å². The molecule has 72 valence electrons. The highest BCUT2D eigenvalue weighted by Crippen LogP contribution is 2.34. The van der Waals surface area contributed by atoms with Crippen LogP contribution in [-0.2, 0) is 10.6 Å². The Balaban J connectivity index is 3.03. The van der Waals surface area contributed by atoms with Crippen LogP contribution >= 0.6 is 11.6 Å². The molecule has 4 heteroatoms. The summed E-state index contributed by atoms with van der Waals surface area (Å²) in [5, 5.41) is 0. The van der Waals surface area contributed by atoms with E-state index in [1.54, 1.807) is 18.2 Å². The van der Waals surface area contributed by atoms with Crippen LogP contribution < -0.4 is 0 Å². The summed E-state index contributed by atoms with van der Waals surface area (Å²) in [4.78, 5) is 0. The Morgan fingerprint density at radius 1 is 1.38 bits per heavy atom. The van der Waals surface area contributed by atoms with E-state index in [1.165, 1.54) is 12.1 Å². The number of rotatable bonds is 3. The fourth-order valence-corrected chi connectivity index (χ4v) is 1.21. The molecule has 0 aliphatic heterocycles. The van der Waals surface area contributed by atoms with E-state index in [-0.39, 0.29) is 5.56 Å². The van der Waals surface area contributed by atoms with Gasteiger partial charge >= 0.3 is 0 Å². The molecular weight excluding hydrogens is 198 g/mol. The van der Waals surface area contributed by atoms with Crippen LogP contribution in [0.5, 0.6) is 0 Å². The predicted octanol–water partition coefficient (Wildman–Crippen LogP) is 2.99. The molecule has 0 aliphatic rings. The van der Waals surface area contributed by atoms with Crippen molar-refractivity contribution in [1.29, 1.82) is 0 Å². The quantitative estimate of drug-likeness (QED) is 0.691. The standard InChI is InChI=1S/C9H9ClF2O/c1-13-9(12,8(10)11)7-5-3-2-4-6-7/h2-6,8H,1H3. The molecule has 0 aliphatic carbocycles. The normalized spacial score (nSPS) is 17.8. The number of hydrogen-bond donors (Lipinski definition) is 0. The van der Waals surface area contributed by atoms with Crippen LogP contribution in [0.1, 0.15) is 5.56 Å². The van der Waals surface area contributed by atoms with Crippen LogP contribution in [0.3, 0.4) is 0 Å². The average Bonchev–Trinajstić information content (AvgIpc) is 2.17. The first-order chi connectivity index (χ1) is 6.11. The monoisotopic (exact) mass is 206 g/mol. The smallest absolute Gasteiger partial charge is 0.280 e. The van der Waals surface area contributed by atoms with Crippen molar-refractivity contribution >= 4 is 11.6 Å². The third-order valence-corrected chi connectivity index (χ3v) is 2.03. The Kier molecular flexibility index (Phi) is 3.22. The number of halogens is 3. The summed E-state index contributed by atoms with van der Waals surface area (Å²) in [6, 6.07) is 7.70. The van der Waals surface area contributed by atoms with Crippen molar-refractivity contribution in [3.63, 3.8) is 0 Å². The zero-order chi connectivity index (χ0) is 9.90. The van der Waals surface area contributed by atoms with Crippen molar-refractivity contribution < 1.29 is 13.5 Å². The molecule has 2 unspecified atom stereocenters. The van der Waals surface area contributed by atoms with Crippen molar-refractivity contribution in [3.05, 3.63) is 35.9 Å². The molecule has 2 atom stereocenters. The maximum absolute atomic E-state index is 13.6. The Labute approximate surface area is 80.3 Å². The van der Waals surface area contributed by atoms with E-state index >= 15 is 0 Å². The molecule has 1 nitrogen and oxygen atoms in total. The molecule has 0 bridgehead atoms. The first kappa shape index (κ1) is 10.4. The van der Waals surface area contributed by atoms with Gasteiger partial charge in [0.25, 0.3) is 5.85 Å². The second kappa shape index (κ2) is 4.03. The van der Waals surface area contributed by atoms with Gasteiger partial charge in [0, 0.05) is 12.7 Å². The number of ether oxygens (including phenoxy) is 1. The van der Waals surface area contributed by atoms with Gasteiger partial charge in [-0.15, -0.1) is 0 Å². The van der Waals surface area contributed by atoms with Gasteiger partial charge < -0.3 is 4.74 Å². The van der Waals surface area contributed by atoms with Gasteiger partial charge in [0.2, 0.25) is 5.63 Å². The van der Waals surface area contributed by atoms with Crippen LogP contribution in [0.25, 0.3) is 0 Å². The lowest BCUT2D eigenvalue weighted by atomic mass is 10.1. The van der Waals surface area contributed by atoms with Gasteiger partial charge in [-0.2, -0.15) is 0 Å². The van der Waals surface area contributed by atoms with E-state index in [0.717, 1.165) is 7.11 Å². The van der Waals surface area contributed by atoms with Crippen molar-refractivity contribution in [2.75, 3.05) is 7.11 Å². The van der Waals surface area contributed by atoms with Gasteiger partial charge in [-0.05, 0) is 0 Å². The highest BCUT2D eigenvalue weighted by atomic mass is 35.5. The summed E-state index contributed by atoms with van der Waals surface area (Å²) in [7, 11) is 1.07. The summed E-state index contributed by atoms with van der Waals surface area (Å²) in [6.07, 6.45) is 0. The lowest BCUT2D eigenvalue weighted by molar-refractivity contribution is -0.155. The van der Waals surface area contributed by atoms with Gasteiger partial charge in [0.05, 0.1) is 0 Å². The van der Waals surface area contributed by atoms with E-state index < -0.39 is 11.5 Å². The minimum absolute atomic E-state index is 0.0694. The maximum Gasteiger partial charge on any atom is 0.280 e. The molecule has 0 amide bonds. The summed E-state index contributed by atoms with van der Waals surface area (Å²) >= 11 is 5.05. The summed E-state index contributed by atoms with van der Waals surface area (Å²) in [6.45, 7) is 0. The number of benzene rings is 1. The van der Waals surface area contributed by atoms with E-state index in [4.69, 9.17) is 11.6 Å².